The van der Waals surface area contributed by atoms with Crippen molar-refractivity contribution in [2.75, 3.05) is 18.4 Å². The van der Waals surface area contributed by atoms with Gasteiger partial charge in [-0.15, -0.1) is 0 Å². The van der Waals surface area contributed by atoms with E-state index in [1.807, 2.05) is 31.2 Å². The number of hydrogen-bond donors (Lipinski definition) is 2. The third-order valence-electron chi connectivity index (χ3n) is 3.08. The highest BCUT2D eigenvalue weighted by Crippen LogP contribution is 2.08. The molecular formula is C16H26N2O. The second kappa shape index (κ2) is 9.56. The maximum Gasteiger partial charge on any atom is 0.238 e. The number of nitrogens with one attached hydrogen (secondary N) is 2. The Balaban J connectivity index is 2.06. The molecule has 1 rings (SSSR count). The number of aryl methyl sites for hydroxylation is 1. The molecule has 19 heavy (non-hydrogen) atoms. The second-order valence-electron chi connectivity index (χ2n) is 5.01. The molecule has 0 aliphatic rings. The lowest BCUT2D eigenvalue weighted by molar-refractivity contribution is -0.115. The quantitative estimate of drug-likeness (QED) is 0.669. The minimum absolute atomic E-state index is 0.0254. The smallest absolute Gasteiger partial charge is 0.238 e. The van der Waals surface area contributed by atoms with E-state index in [1.54, 1.807) is 0 Å². The topological polar surface area (TPSA) is 41.1 Å². The fourth-order valence-corrected chi connectivity index (χ4v) is 1.90. The van der Waals surface area contributed by atoms with E-state index in [1.165, 1.54) is 31.2 Å². The fraction of sp³-hybridized carbons (Fsp3) is 0.562. The van der Waals surface area contributed by atoms with E-state index >= 15 is 0 Å². The molecule has 106 valence electrons. The highest BCUT2D eigenvalue weighted by molar-refractivity contribution is 5.92. The Morgan fingerprint density at radius 1 is 1.05 bits per heavy atom. The van der Waals surface area contributed by atoms with Gasteiger partial charge in [-0.2, -0.15) is 0 Å². The van der Waals surface area contributed by atoms with E-state index in [-0.39, 0.29) is 5.91 Å². The molecule has 2 N–H and O–H groups in total. The summed E-state index contributed by atoms with van der Waals surface area (Å²) in [5, 5.41) is 6.06. The number of amides is 1. The fourth-order valence-electron chi connectivity index (χ4n) is 1.90. The van der Waals surface area contributed by atoms with Crippen LogP contribution in [0.1, 0.15) is 44.6 Å². The van der Waals surface area contributed by atoms with Crippen molar-refractivity contribution in [2.45, 2.75) is 46.0 Å². The van der Waals surface area contributed by atoms with Crippen LogP contribution in [0, 0.1) is 6.92 Å². The van der Waals surface area contributed by atoms with Crippen LogP contribution in [0.25, 0.3) is 0 Å². The van der Waals surface area contributed by atoms with Crippen molar-refractivity contribution in [1.29, 1.82) is 0 Å². The van der Waals surface area contributed by atoms with Crippen LogP contribution in [0.2, 0.25) is 0 Å². The maximum absolute atomic E-state index is 11.7. The first-order chi connectivity index (χ1) is 9.22. The molecule has 0 aliphatic heterocycles. The zero-order chi connectivity index (χ0) is 13.9. The van der Waals surface area contributed by atoms with Crippen molar-refractivity contribution in [3.63, 3.8) is 0 Å². The molecule has 0 saturated heterocycles. The summed E-state index contributed by atoms with van der Waals surface area (Å²) in [5.74, 6) is 0.0254. The van der Waals surface area contributed by atoms with Gasteiger partial charge in [-0.1, -0.05) is 50.3 Å². The molecule has 3 nitrogen and oxygen atoms in total. The van der Waals surface area contributed by atoms with E-state index in [0.717, 1.165) is 18.7 Å². The summed E-state index contributed by atoms with van der Waals surface area (Å²) >= 11 is 0. The predicted octanol–water partition coefficient (Wildman–Crippen LogP) is 3.49. The second-order valence-corrected chi connectivity index (χ2v) is 5.01. The Morgan fingerprint density at radius 3 is 2.42 bits per heavy atom. The van der Waals surface area contributed by atoms with Crippen LogP contribution in [-0.4, -0.2) is 19.0 Å². The highest BCUT2D eigenvalue weighted by atomic mass is 16.1. The van der Waals surface area contributed by atoms with Gasteiger partial charge in [0.2, 0.25) is 5.91 Å². The molecule has 0 atom stereocenters. The van der Waals surface area contributed by atoms with Crippen LogP contribution in [0.5, 0.6) is 0 Å². The number of benzene rings is 1. The van der Waals surface area contributed by atoms with Gasteiger partial charge >= 0.3 is 0 Å². The van der Waals surface area contributed by atoms with Crippen LogP contribution in [0.4, 0.5) is 5.69 Å². The number of carbonyl (C=O) groups is 1. The van der Waals surface area contributed by atoms with Gasteiger partial charge in [0.1, 0.15) is 0 Å². The average Bonchev–Trinajstić information content (AvgIpc) is 2.40. The predicted molar refractivity (Wildman–Crippen MR) is 81.4 cm³/mol. The van der Waals surface area contributed by atoms with Crippen molar-refractivity contribution < 1.29 is 4.79 Å². The van der Waals surface area contributed by atoms with Gasteiger partial charge in [-0.25, -0.2) is 0 Å². The largest absolute Gasteiger partial charge is 0.325 e. The molecule has 0 aliphatic carbocycles. The van der Waals surface area contributed by atoms with E-state index in [4.69, 9.17) is 0 Å². The van der Waals surface area contributed by atoms with Gasteiger partial charge in [0.25, 0.3) is 0 Å². The van der Waals surface area contributed by atoms with Gasteiger partial charge in [-0.05, 0) is 32.0 Å². The van der Waals surface area contributed by atoms with Gasteiger partial charge in [0.15, 0.2) is 0 Å². The maximum atomic E-state index is 11.7. The minimum atomic E-state index is 0.0254. The third kappa shape index (κ3) is 7.62. The van der Waals surface area contributed by atoms with Crippen molar-refractivity contribution in [2.24, 2.45) is 0 Å². The zero-order valence-corrected chi connectivity index (χ0v) is 12.2. The SMILES string of the molecule is CCCCCCCNCC(=O)Nc1ccc(C)cc1. The molecule has 0 heterocycles. The zero-order valence-electron chi connectivity index (χ0n) is 12.2. The standard InChI is InChI=1S/C16H26N2O/c1-3-4-5-6-7-12-17-13-16(19)18-15-10-8-14(2)9-11-15/h8-11,17H,3-7,12-13H2,1-2H3,(H,18,19). The van der Waals surface area contributed by atoms with E-state index < -0.39 is 0 Å². The van der Waals surface area contributed by atoms with Crippen molar-refractivity contribution in [3.8, 4) is 0 Å². The average molecular weight is 262 g/mol. The lowest BCUT2D eigenvalue weighted by Gasteiger charge is -2.07. The van der Waals surface area contributed by atoms with E-state index in [0.29, 0.717) is 6.54 Å². The molecule has 1 aromatic carbocycles. The first kappa shape index (κ1) is 15.7. The number of carbonyl (C=O) groups excluding carboxylic acids is 1. The van der Waals surface area contributed by atoms with Gasteiger partial charge in [-0.3, -0.25) is 4.79 Å². The van der Waals surface area contributed by atoms with Crippen LogP contribution in [0.3, 0.4) is 0 Å². The van der Waals surface area contributed by atoms with Crippen molar-refractivity contribution in [1.82, 2.24) is 5.32 Å². The van der Waals surface area contributed by atoms with E-state index in [9.17, 15) is 4.79 Å². The molecule has 0 aromatic heterocycles. The molecule has 1 amide bonds. The summed E-state index contributed by atoms with van der Waals surface area (Å²) in [5.41, 5.74) is 2.06. The van der Waals surface area contributed by atoms with Crippen LogP contribution >= 0.6 is 0 Å². The molecule has 0 radical (unpaired) electrons. The first-order valence-electron chi connectivity index (χ1n) is 7.29. The molecule has 0 bridgehead atoms. The molecule has 0 unspecified atom stereocenters. The Kier molecular flexibility index (Phi) is 7.91. The molecule has 0 saturated carbocycles. The summed E-state index contributed by atoms with van der Waals surface area (Å²) < 4.78 is 0. The minimum Gasteiger partial charge on any atom is -0.325 e. The summed E-state index contributed by atoms with van der Waals surface area (Å²) in [6, 6.07) is 7.85. The lowest BCUT2D eigenvalue weighted by Crippen LogP contribution is -2.28. The Labute approximate surface area is 116 Å². The van der Waals surface area contributed by atoms with Crippen LogP contribution in [0.15, 0.2) is 24.3 Å². The van der Waals surface area contributed by atoms with Gasteiger partial charge < -0.3 is 10.6 Å². The van der Waals surface area contributed by atoms with Gasteiger partial charge in [0, 0.05) is 5.69 Å². The highest BCUT2D eigenvalue weighted by Gasteiger charge is 2.01. The van der Waals surface area contributed by atoms with Crippen molar-refractivity contribution >= 4 is 11.6 Å². The number of unbranched alkanes of at least 4 members (excludes halogenated alkanes) is 4. The Morgan fingerprint density at radius 2 is 1.74 bits per heavy atom. The van der Waals surface area contributed by atoms with Crippen LogP contribution < -0.4 is 10.6 Å². The molecular weight excluding hydrogens is 236 g/mol. The number of rotatable bonds is 9. The molecule has 0 fully saturated rings. The Hall–Kier alpha value is -1.35. The van der Waals surface area contributed by atoms with Crippen LogP contribution in [-0.2, 0) is 4.79 Å². The third-order valence-corrected chi connectivity index (χ3v) is 3.08. The summed E-state index contributed by atoms with van der Waals surface area (Å²) in [6.45, 7) is 5.56. The van der Waals surface area contributed by atoms with E-state index in [2.05, 4.69) is 17.6 Å². The summed E-state index contributed by atoms with van der Waals surface area (Å²) in [7, 11) is 0. The summed E-state index contributed by atoms with van der Waals surface area (Å²) in [6.07, 6.45) is 6.28. The van der Waals surface area contributed by atoms with Gasteiger partial charge in [0.05, 0.1) is 6.54 Å². The lowest BCUT2D eigenvalue weighted by atomic mass is 10.1. The summed E-state index contributed by atoms with van der Waals surface area (Å²) in [4.78, 5) is 11.7. The van der Waals surface area contributed by atoms with Crippen molar-refractivity contribution in [3.05, 3.63) is 29.8 Å². The first-order valence-corrected chi connectivity index (χ1v) is 7.29. The monoisotopic (exact) mass is 262 g/mol. The molecule has 0 spiro atoms. The molecule has 1 aromatic rings. The Bertz CT molecular complexity index is 360. The number of hydrogen-bond acceptors (Lipinski definition) is 2. The normalized spacial score (nSPS) is 10.4. The molecule has 3 heteroatoms. The number of anilines is 1.